The van der Waals surface area contributed by atoms with Crippen molar-refractivity contribution in [1.82, 2.24) is 0 Å². The molecule has 88 valence electrons. The lowest BCUT2D eigenvalue weighted by Gasteiger charge is -2.07. The predicted molar refractivity (Wildman–Crippen MR) is 68.9 cm³/mol. The van der Waals surface area contributed by atoms with Crippen molar-refractivity contribution in [3.63, 3.8) is 0 Å². The van der Waals surface area contributed by atoms with E-state index < -0.39 is 0 Å². The van der Waals surface area contributed by atoms with Gasteiger partial charge in [0, 0.05) is 12.0 Å². The van der Waals surface area contributed by atoms with Crippen molar-refractivity contribution in [2.45, 2.75) is 47.0 Å². The SMILES string of the molecule is Cc1ccc(C(=O)CCCC(C)C)c(C)c1. The fourth-order valence-electron chi connectivity index (χ4n) is 1.93. The Hall–Kier alpha value is -1.11. The molecule has 0 radical (unpaired) electrons. The number of hydrogen-bond donors (Lipinski definition) is 0. The second-order valence-electron chi connectivity index (χ2n) is 5.03. The summed E-state index contributed by atoms with van der Waals surface area (Å²) in [6.07, 6.45) is 2.82. The fraction of sp³-hybridized carbons (Fsp3) is 0.533. The van der Waals surface area contributed by atoms with Crippen LogP contribution in [0.15, 0.2) is 18.2 Å². The van der Waals surface area contributed by atoms with Crippen LogP contribution in [0.5, 0.6) is 0 Å². The molecule has 16 heavy (non-hydrogen) atoms. The number of hydrogen-bond acceptors (Lipinski definition) is 1. The highest BCUT2D eigenvalue weighted by Crippen LogP contribution is 2.15. The van der Waals surface area contributed by atoms with Gasteiger partial charge in [0.05, 0.1) is 0 Å². The standard InChI is InChI=1S/C15H22O/c1-11(2)6-5-7-15(16)14-9-8-12(3)10-13(14)4/h8-11H,5-7H2,1-4H3. The van der Waals surface area contributed by atoms with Crippen LogP contribution in [0.1, 0.15) is 54.6 Å². The molecule has 0 spiro atoms. The zero-order valence-corrected chi connectivity index (χ0v) is 10.8. The van der Waals surface area contributed by atoms with Gasteiger partial charge in [-0.05, 0) is 31.7 Å². The third-order valence-electron chi connectivity index (χ3n) is 2.87. The summed E-state index contributed by atoms with van der Waals surface area (Å²) in [5.74, 6) is 0.977. The molecule has 0 fully saturated rings. The van der Waals surface area contributed by atoms with E-state index in [-0.39, 0.29) is 5.78 Å². The van der Waals surface area contributed by atoms with E-state index in [1.807, 2.05) is 19.1 Å². The van der Waals surface area contributed by atoms with Gasteiger partial charge in [-0.15, -0.1) is 0 Å². The van der Waals surface area contributed by atoms with Crippen LogP contribution in [0.25, 0.3) is 0 Å². The van der Waals surface area contributed by atoms with Crippen LogP contribution < -0.4 is 0 Å². The Kier molecular flexibility index (Phi) is 4.72. The van der Waals surface area contributed by atoms with E-state index in [1.165, 1.54) is 5.56 Å². The summed E-state index contributed by atoms with van der Waals surface area (Å²) in [5.41, 5.74) is 3.22. The summed E-state index contributed by atoms with van der Waals surface area (Å²) in [7, 11) is 0. The van der Waals surface area contributed by atoms with E-state index >= 15 is 0 Å². The van der Waals surface area contributed by atoms with Gasteiger partial charge in [0.25, 0.3) is 0 Å². The Bertz CT molecular complexity index is 364. The number of ketones is 1. The quantitative estimate of drug-likeness (QED) is 0.673. The monoisotopic (exact) mass is 218 g/mol. The molecule has 0 aliphatic carbocycles. The molecule has 1 aromatic rings. The van der Waals surface area contributed by atoms with Gasteiger partial charge in [-0.1, -0.05) is 44.0 Å². The van der Waals surface area contributed by atoms with Crippen molar-refractivity contribution in [3.8, 4) is 0 Å². The number of Topliss-reactive ketones (excluding diaryl/α,β-unsaturated/α-hetero) is 1. The van der Waals surface area contributed by atoms with E-state index in [0.29, 0.717) is 12.3 Å². The Morgan fingerprint density at radius 3 is 2.50 bits per heavy atom. The molecule has 0 saturated heterocycles. The topological polar surface area (TPSA) is 17.1 Å². The van der Waals surface area contributed by atoms with Gasteiger partial charge in [0.15, 0.2) is 5.78 Å². The average Bonchev–Trinajstić information content (AvgIpc) is 2.16. The van der Waals surface area contributed by atoms with Crippen molar-refractivity contribution >= 4 is 5.78 Å². The third-order valence-corrected chi connectivity index (χ3v) is 2.87. The number of carbonyl (C=O) groups excluding carboxylic acids is 1. The second kappa shape index (κ2) is 5.83. The van der Waals surface area contributed by atoms with E-state index in [4.69, 9.17) is 0 Å². The van der Waals surface area contributed by atoms with Gasteiger partial charge in [-0.3, -0.25) is 4.79 Å². The third kappa shape index (κ3) is 3.80. The molecule has 0 saturated carbocycles. The maximum absolute atomic E-state index is 12.0. The zero-order chi connectivity index (χ0) is 12.1. The molecule has 1 nitrogen and oxygen atoms in total. The van der Waals surface area contributed by atoms with Crippen molar-refractivity contribution in [2.24, 2.45) is 5.92 Å². The van der Waals surface area contributed by atoms with Gasteiger partial charge >= 0.3 is 0 Å². The molecule has 0 atom stereocenters. The largest absolute Gasteiger partial charge is 0.294 e. The Morgan fingerprint density at radius 1 is 1.25 bits per heavy atom. The van der Waals surface area contributed by atoms with Crippen LogP contribution in [0, 0.1) is 19.8 Å². The number of rotatable bonds is 5. The minimum atomic E-state index is 0.290. The average molecular weight is 218 g/mol. The Labute approximate surface area is 98.9 Å². The minimum absolute atomic E-state index is 0.290. The minimum Gasteiger partial charge on any atom is -0.294 e. The highest BCUT2D eigenvalue weighted by atomic mass is 16.1. The zero-order valence-electron chi connectivity index (χ0n) is 10.8. The van der Waals surface area contributed by atoms with Gasteiger partial charge in [0.1, 0.15) is 0 Å². The van der Waals surface area contributed by atoms with Crippen LogP contribution in [0.2, 0.25) is 0 Å². The van der Waals surface area contributed by atoms with Crippen LogP contribution in [0.3, 0.4) is 0 Å². The normalized spacial score (nSPS) is 10.8. The van der Waals surface area contributed by atoms with Crippen LogP contribution in [0.4, 0.5) is 0 Å². The smallest absolute Gasteiger partial charge is 0.163 e. The van der Waals surface area contributed by atoms with Crippen LogP contribution in [-0.4, -0.2) is 5.78 Å². The van der Waals surface area contributed by atoms with Gasteiger partial charge < -0.3 is 0 Å². The summed E-state index contributed by atoms with van der Waals surface area (Å²) in [4.78, 5) is 12.0. The lowest BCUT2D eigenvalue weighted by Crippen LogP contribution is -2.02. The van der Waals surface area contributed by atoms with Crippen LogP contribution in [-0.2, 0) is 0 Å². The van der Waals surface area contributed by atoms with Gasteiger partial charge in [-0.2, -0.15) is 0 Å². The summed E-state index contributed by atoms with van der Waals surface area (Å²) in [6, 6.07) is 6.06. The molecule has 0 N–H and O–H groups in total. The number of benzene rings is 1. The van der Waals surface area contributed by atoms with Gasteiger partial charge in [-0.25, -0.2) is 0 Å². The van der Waals surface area contributed by atoms with Crippen molar-refractivity contribution in [1.29, 1.82) is 0 Å². The molecule has 0 aliphatic rings. The van der Waals surface area contributed by atoms with Crippen molar-refractivity contribution in [3.05, 3.63) is 34.9 Å². The molecule has 0 unspecified atom stereocenters. The molecule has 0 heterocycles. The second-order valence-corrected chi connectivity index (χ2v) is 5.03. The molecular weight excluding hydrogens is 196 g/mol. The first-order valence-corrected chi connectivity index (χ1v) is 6.11. The predicted octanol–water partition coefficient (Wildman–Crippen LogP) is 4.31. The van der Waals surface area contributed by atoms with E-state index in [1.54, 1.807) is 0 Å². The van der Waals surface area contributed by atoms with Crippen molar-refractivity contribution < 1.29 is 4.79 Å². The summed E-state index contributed by atoms with van der Waals surface area (Å²) in [5, 5.41) is 0. The first-order chi connectivity index (χ1) is 7.50. The molecule has 0 bridgehead atoms. The molecule has 1 aromatic carbocycles. The summed E-state index contributed by atoms with van der Waals surface area (Å²) >= 11 is 0. The lowest BCUT2D eigenvalue weighted by atomic mass is 9.97. The number of aryl methyl sites for hydroxylation is 2. The molecule has 0 aromatic heterocycles. The fourth-order valence-corrected chi connectivity index (χ4v) is 1.93. The maximum Gasteiger partial charge on any atom is 0.163 e. The van der Waals surface area contributed by atoms with Crippen LogP contribution >= 0.6 is 0 Å². The molecule has 1 heteroatoms. The molecule has 0 aliphatic heterocycles. The summed E-state index contributed by atoms with van der Waals surface area (Å²) < 4.78 is 0. The molecule has 0 amide bonds. The molecule has 1 rings (SSSR count). The Morgan fingerprint density at radius 2 is 1.94 bits per heavy atom. The van der Waals surface area contributed by atoms with E-state index in [2.05, 4.69) is 26.8 Å². The van der Waals surface area contributed by atoms with Crippen molar-refractivity contribution in [2.75, 3.05) is 0 Å². The first kappa shape index (κ1) is 13.0. The molecular formula is C15H22O. The van der Waals surface area contributed by atoms with Gasteiger partial charge in [0.2, 0.25) is 0 Å². The number of carbonyl (C=O) groups is 1. The Balaban J connectivity index is 2.59. The summed E-state index contributed by atoms with van der Waals surface area (Å²) in [6.45, 7) is 8.46. The highest BCUT2D eigenvalue weighted by Gasteiger charge is 2.08. The maximum atomic E-state index is 12.0. The first-order valence-electron chi connectivity index (χ1n) is 6.11. The lowest BCUT2D eigenvalue weighted by molar-refractivity contribution is 0.0977. The van der Waals surface area contributed by atoms with E-state index in [0.717, 1.165) is 24.0 Å². The van der Waals surface area contributed by atoms with E-state index in [9.17, 15) is 4.79 Å². The highest BCUT2D eigenvalue weighted by molar-refractivity contribution is 5.97.